The number of rotatable bonds is 6. The lowest BCUT2D eigenvalue weighted by atomic mass is 10.0. The number of amides is 1. The van der Waals surface area contributed by atoms with Gasteiger partial charge in [0.25, 0.3) is 0 Å². The molecule has 0 saturated carbocycles. The molecule has 0 radical (unpaired) electrons. The maximum absolute atomic E-state index is 12.2. The van der Waals surface area contributed by atoms with E-state index in [-0.39, 0.29) is 18.4 Å². The summed E-state index contributed by atoms with van der Waals surface area (Å²) in [4.78, 5) is 17.4. The van der Waals surface area contributed by atoms with Crippen molar-refractivity contribution in [1.82, 2.24) is 15.5 Å². The number of benzene rings is 1. The first kappa shape index (κ1) is 16.7. The fraction of sp³-hybridized carbons (Fsp3) is 0.235. The van der Waals surface area contributed by atoms with Gasteiger partial charge in [0.1, 0.15) is 0 Å². The zero-order valence-electron chi connectivity index (χ0n) is 13.0. The van der Waals surface area contributed by atoms with Crippen LogP contribution in [-0.2, 0) is 17.8 Å². The molecule has 1 amide bonds. The Bertz CT molecular complexity index is 800. The summed E-state index contributed by atoms with van der Waals surface area (Å²) in [5, 5.41) is 9.39. The van der Waals surface area contributed by atoms with Crippen molar-refractivity contribution < 1.29 is 9.32 Å². The zero-order chi connectivity index (χ0) is 16.9. The van der Waals surface area contributed by atoms with E-state index in [1.54, 1.807) is 0 Å². The lowest BCUT2D eigenvalue weighted by Crippen LogP contribution is -2.30. The Balaban J connectivity index is 1.52. The molecular weight excluding hydrogens is 346 g/mol. The number of aromatic nitrogens is 2. The van der Waals surface area contributed by atoms with Crippen LogP contribution in [0.2, 0.25) is 5.02 Å². The smallest absolute Gasteiger partial charge is 0.246 e. The van der Waals surface area contributed by atoms with Gasteiger partial charge in [0, 0.05) is 10.9 Å². The molecule has 3 rings (SSSR count). The molecule has 124 valence electrons. The molecule has 1 N–H and O–H groups in total. The van der Waals surface area contributed by atoms with Crippen molar-refractivity contribution in [1.29, 1.82) is 0 Å². The quantitative estimate of drug-likeness (QED) is 0.721. The van der Waals surface area contributed by atoms with Crippen LogP contribution in [-0.4, -0.2) is 16.0 Å². The first-order chi connectivity index (χ1) is 11.6. The number of hydrogen-bond acceptors (Lipinski definition) is 5. The van der Waals surface area contributed by atoms with E-state index < -0.39 is 0 Å². The summed E-state index contributed by atoms with van der Waals surface area (Å²) in [6.45, 7) is 2.11. The minimum absolute atomic E-state index is 0.0548. The van der Waals surface area contributed by atoms with Crippen LogP contribution in [0.5, 0.6) is 0 Å². The SMILES string of the molecule is CC(Cc1ccc(Cl)cc1)C(=O)NCc1nc(-c2cccs2)no1. The Kier molecular flexibility index (Phi) is 5.27. The molecule has 0 bridgehead atoms. The number of hydrogen-bond donors (Lipinski definition) is 1. The Morgan fingerprint density at radius 2 is 2.12 bits per heavy atom. The first-order valence-electron chi connectivity index (χ1n) is 7.50. The van der Waals surface area contributed by atoms with Crippen LogP contribution < -0.4 is 5.32 Å². The average Bonchev–Trinajstić information content (AvgIpc) is 3.25. The Morgan fingerprint density at radius 1 is 1.33 bits per heavy atom. The average molecular weight is 362 g/mol. The van der Waals surface area contributed by atoms with E-state index in [1.165, 1.54) is 11.3 Å². The van der Waals surface area contributed by atoms with Crippen LogP contribution in [0, 0.1) is 5.92 Å². The highest BCUT2D eigenvalue weighted by molar-refractivity contribution is 7.13. The summed E-state index contributed by atoms with van der Waals surface area (Å²) in [7, 11) is 0. The van der Waals surface area contributed by atoms with Gasteiger partial charge in [-0.05, 0) is 35.6 Å². The Hall–Kier alpha value is -2.18. The predicted octanol–water partition coefficient (Wildman–Crippen LogP) is 3.95. The lowest BCUT2D eigenvalue weighted by molar-refractivity contribution is -0.124. The summed E-state index contributed by atoms with van der Waals surface area (Å²) >= 11 is 7.40. The highest BCUT2D eigenvalue weighted by atomic mass is 35.5. The summed E-state index contributed by atoms with van der Waals surface area (Å²) < 4.78 is 5.17. The minimum Gasteiger partial charge on any atom is -0.347 e. The largest absolute Gasteiger partial charge is 0.347 e. The fourth-order valence-electron chi connectivity index (χ4n) is 2.24. The van der Waals surface area contributed by atoms with Gasteiger partial charge in [-0.3, -0.25) is 4.79 Å². The third-order valence-electron chi connectivity index (χ3n) is 3.53. The lowest BCUT2D eigenvalue weighted by Gasteiger charge is -2.11. The number of carbonyl (C=O) groups excluding carboxylic acids is 1. The van der Waals surface area contributed by atoms with Crippen molar-refractivity contribution in [2.24, 2.45) is 5.92 Å². The van der Waals surface area contributed by atoms with Gasteiger partial charge < -0.3 is 9.84 Å². The van der Waals surface area contributed by atoms with E-state index >= 15 is 0 Å². The van der Waals surface area contributed by atoms with Crippen LogP contribution >= 0.6 is 22.9 Å². The molecule has 1 unspecified atom stereocenters. The van der Waals surface area contributed by atoms with Crippen molar-refractivity contribution in [2.45, 2.75) is 19.9 Å². The maximum Gasteiger partial charge on any atom is 0.246 e. The third kappa shape index (κ3) is 4.21. The van der Waals surface area contributed by atoms with Gasteiger partial charge in [0.05, 0.1) is 11.4 Å². The van der Waals surface area contributed by atoms with E-state index in [1.807, 2.05) is 48.7 Å². The Morgan fingerprint density at radius 3 is 2.83 bits per heavy atom. The summed E-state index contributed by atoms with van der Waals surface area (Å²) in [5.74, 6) is 0.723. The van der Waals surface area contributed by atoms with Gasteiger partial charge in [-0.1, -0.05) is 41.9 Å². The van der Waals surface area contributed by atoms with Crippen LogP contribution in [0.3, 0.4) is 0 Å². The predicted molar refractivity (Wildman–Crippen MR) is 93.8 cm³/mol. The summed E-state index contributed by atoms with van der Waals surface area (Å²) in [6, 6.07) is 11.4. The number of halogens is 1. The molecule has 2 heterocycles. The van der Waals surface area contributed by atoms with Gasteiger partial charge in [0.15, 0.2) is 0 Å². The molecule has 1 atom stereocenters. The van der Waals surface area contributed by atoms with Crippen LogP contribution in [0.1, 0.15) is 18.4 Å². The first-order valence-corrected chi connectivity index (χ1v) is 8.76. The molecule has 2 aromatic heterocycles. The van der Waals surface area contributed by atoms with Gasteiger partial charge >= 0.3 is 0 Å². The van der Waals surface area contributed by atoms with E-state index in [0.717, 1.165) is 10.4 Å². The second kappa shape index (κ2) is 7.59. The summed E-state index contributed by atoms with van der Waals surface area (Å²) in [5.41, 5.74) is 1.07. The standard InChI is InChI=1S/C17H16ClN3O2S/c1-11(9-12-4-6-13(18)7-5-12)17(22)19-10-15-20-16(21-23-15)14-3-2-8-24-14/h2-8,11H,9-10H2,1H3,(H,19,22). The third-order valence-corrected chi connectivity index (χ3v) is 4.64. The van der Waals surface area contributed by atoms with E-state index in [0.29, 0.717) is 23.2 Å². The van der Waals surface area contributed by atoms with Gasteiger partial charge in [-0.15, -0.1) is 11.3 Å². The maximum atomic E-state index is 12.2. The molecule has 0 spiro atoms. The second-order valence-electron chi connectivity index (χ2n) is 5.44. The number of nitrogens with zero attached hydrogens (tertiary/aromatic N) is 2. The van der Waals surface area contributed by atoms with Gasteiger partial charge in [0.2, 0.25) is 17.6 Å². The second-order valence-corrected chi connectivity index (χ2v) is 6.82. The monoisotopic (exact) mass is 361 g/mol. The molecule has 7 heteroatoms. The normalized spacial score (nSPS) is 12.1. The molecule has 3 aromatic rings. The van der Waals surface area contributed by atoms with Crippen LogP contribution in [0.25, 0.3) is 10.7 Å². The topological polar surface area (TPSA) is 68.0 Å². The van der Waals surface area contributed by atoms with Crippen LogP contribution in [0.15, 0.2) is 46.3 Å². The number of thiophene rings is 1. The van der Waals surface area contributed by atoms with Crippen molar-refractivity contribution >= 4 is 28.8 Å². The molecule has 24 heavy (non-hydrogen) atoms. The Labute approximate surface area is 148 Å². The summed E-state index contributed by atoms with van der Waals surface area (Å²) in [6.07, 6.45) is 0.646. The zero-order valence-corrected chi connectivity index (χ0v) is 14.6. The molecule has 5 nitrogen and oxygen atoms in total. The molecule has 0 fully saturated rings. The van der Waals surface area contributed by atoms with Gasteiger partial charge in [-0.2, -0.15) is 4.98 Å². The fourth-order valence-corrected chi connectivity index (χ4v) is 3.01. The van der Waals surface area contributed by atoms with Gasteiger partial charge in [-0.25, -0.2) is 0 Å². The molecule has 0 aliphatic rings. The van der Waals surface area contributed by atoms with Crippen molar-refractivity contribution in [3.8, 4) is 10.7 Å². The number of nitrogens with one attached hydrogen (secondary N) is 1. The van der Waals surface area contributed by atoms with Crippen molar-refractivity contribution in [3.63, 3.8) is 0 Å². The van der Waals surface area contributed by atoms with Crippen molar-refractivity contribution in [3.05, 3.63) is 58.3 Å². The molecule has 0 aliphatic heterocycles. The van der Waals surface area contributed by atoms with Crippen LogP contribution in [0.4, 0.5) is 0 Å². The molecule has 1 aromatic carbocycles. The minimum atomic E-state index is -0.161. The van der Waals surface area contributed by atoms with E-state index in [2.05, 4.69) is 15.5 Å². The highest BCUT2D eigenvalue weighted by Crippen LogP contribution is 2.21. The highest BCUT2D eigenvalue weighted by Gasteiger charge is 2.15. The van der Waals surface area contributed by atoms with Crippen molar-refractivity contribution in [2.75, 3.05) is 0 Å². The number of carbonyl (C=O) groups is 1. The molecular formula is C17H16ClN3O2S. The molecule has 0 aliphatic carbocycles. The van der Waals surface area contributed by atoms with E-state index in [9.17, 15) is 4.79 Å². The van der Waals surface area contributed by atoms with E-state index in [4.69, 9.17) is 16.1 Å². The molecule has 0 saturated heterocycles.